The van der Waals surface area contributed by atoms with E-state index >= 15 is 0 Å². The number of furan rings is 1. The maximum absolute atomic E-state index is 13.5. The summed E-state index contributed by atoms with van der Waals surface area (Å²) in [6.45, 7) is 4.05. The van der Waals surface area contributed by atoms with Crippen molar-refractivity contribution >= 4 is 5.91 Å². The fraction of sp³-hybridized carbons (Fsp3) is 0.421. The number of likely N-dealkylation sites (tertiary alicyclic amines) is 1. The molecule has 1 aromatic heterocycles. The molecular weight excluding hydrogens is 307 g/mol. The van der Waals surface area contributed by atoms with Crippen molar-refractivity contribution in [3.05, 3.63) is 59.3 Å². The minimum Gasteiger partial charge on any atom is -0.467 e. The normalized spacial score (nSPS) is 16.3. The minimum atomic E-state index is -0.288. The minimum absolute atomic E-state index is 0.0657. The van der Waals surface area contributed by atoms with E-state index < -0.39 is 0 Å². The molecule has 24 heavy (non-hydrogen) atoms. The van der Waals surface area contributed by atoms with Crippen LogP contribution < -0.4 is 0 Å². The summed E-state index contributed by atoms with van der Waals surface area (Å²) in [5.41, 5.74) is 1.02. The summed E-state index contributed by atoms with van der Waals surface area (Å²) in [6, 6.07) is 8.43. The van der Waals surface area contributed by atoms with Gasteiger partial charge in [0.15, 0.2) is 0 Å². The van der Waals surface area contributed by atoms with E-state index in [4.69, 9.17) is 4.42 Å². The molecule has 0 atom stereocenters. The van der Waals surface area contributed by atoms with Gasteiger partial charge >= 0.3 is 0 Å². The molecule has 1 amide bonds. The van der Waals surface area contributed by atoms with Crippen molar-refractivity contribution in [2.75, 3.05) is 20.1 Å². The Hall–Kier alpha value is -2.14. The van der Waals surface area contributed by atoms with Crippen molar-refractivity contribution < 1.29 is 13.6 Å². The van der Waals surface area contributed by atoms with Crippen LogP contribution in [-0.4, -0.2) is 41.9 Å². The predicted molar refractivity (Wildman–Crippen MR) is 90.2 cm³/mol. The molecule has 1 saturated heterocycles. The topological polar surface area (TPSA) is 36.7 Å². The van der Waals surface area contributed by atoms with E-state index in [9.17, 15) is 9.18 Å². The summed E-state index contributed by atoms with van der Waals surface area (Å²) in [5, 5.41) is 0. The maximum atomic E-state index is 13.5. The second-order valence-electron chi connectivity index (χ2n) is 6.51. The standard InChI is InChI=1S/C19H23FN2O2/c1-14-12-15(5-6-18(14)20)19(23)22(13-17-4-3-11-24-17)16-7-9-21(2)10-8-16/h3-6,11-12,16H,7-10,13H2,1-2H3. The van der Waals surface area contributed by atoms with Crippen LogP contribution >= 0.6 is 0 Å². The van der Waals surface area contributed by atoms with Gasteiger partial charge in [-0.25, -0.2) is 4.39 Å². The number of hydrogen-bond acceptors (Lipinski definition) is 3. The summed E-state index contributed by atoms with van der Waals surface area (Å²) < 4.78 is 19.0. The maximum Gasteiger partial charge on any atom is 0.254 e. The fourth-order valence-electron chi connectivity index (χ4n) is 3.19. The first kappa shape index (κ1) is 16.7. The number of amides is 1. The first-order chi connectivity index (χ1) is 11.5. The Morgan fingerprint density at radius 2 is 2.08 bits per heavy atom. The van der Waals surface area contributed by atoms with Gasteiger partial charge in [-0.2, -0.15) is 0 Å². The van der Waals surface area contributed by atoms with Gasteiger partial charge in [0.25, 0.3) is 5.91 Å². The Balaban J connectivity index is 1.85. The van der Waals surface area contributed by atoms with Crippen LogP contribution in [0.3, 0.4) is 0 Å². The molecule has 4 nitrogen and oxygen atoms in total. The Morgan fingerprint density at radius 3 is 2.71 bits per heavy atom. The third-order valence-electron chi connectivity index (χ3n) is 4.70. The van der Waals surface area contributed by atoms with Gasteiger partial charge in [0.05, 0.1) is 12.8 Å². The van der Waals surface area contributed by atoms with Crippen molar-refractivity contribution in [1.82, 2.24) is 9.80 Å². The van der Waals surface area contributed by atoms with E-state index in [1.54, 1.807) is 25.3 Å². The molecule has 0 saturated carbocycles. The molecule has 0 aliphatic carbocycles. The first-order valence-electron chi connectivity index (χ1n) is 8.32. The second-order valence-corrected chi connectivity index (χ2v) is 6.51. The highest BCUT2D eigenvalue weighted by Crippen LogP contribution is 2.22. The highest BCUT2D eigenvalue weighted by molar-refractivity contribution is 5.94. The molecule has 0 spiro atoms. The summed E-state index contributed by atoms with van der Waals surface area (Å²) in [4.78, 5) is 17.2. The molecule has 2 aromatic rings. The highest BCUT2D eigenvalue weighted by atomic mass is 19.1. The van der Waals surface area contributed by atoms with Gasteiger partial charge in [0.1, 0.15) is 11.6 Å². The van der Waals surface area contributed by atoms with Crippen LogP contribution in [0, 0.1) is 12.7 Å². The first-order valence-corrected chi connectivity index (χ1v) is 8.32. The third-order valence-corrected chi connectivity index (χ3v) is 4.70. The van der Waals surface area contributed by atoms with Gasteiger partial charge in [-0.05, 0) is 75.8 Å². The number of halogens is 1. The molecule has 0 unspecified atom stereocenters. The quantitative estimate of drug-likeness (QED) is 0.861. The molecular formula is C19H23FN2O2. The Morgan fingerprint density at radius 1 is 1.33 bits per heavy atom. The molecule has 1 aliphatic heterocycles. The van der Waals surface area contributed by atoms with E-state index in [-0.39, 0.29) is 17.8 Å². The number of hydrogen-bond donors (Lipinski definition) is 0. The SMILES string of the molecule is Cc1cc(C(=O)N(Cc2ccco2)C2CCN(C)CC2)ccc1F. The molecule has 1 aromatic carbocycles. The van der Waals surface area contributed by atoms with E-state index in [0.717, 1.165) is 31.7 Å². The van der Waals surface area contributed by atoms with Gasteiger partial charge in [-0.1, -0.05) is 0 Å². The number of benzene rings is 1. The van der Waals surface area contributed by atoms with Crippen LogP contribution in [-0.2, 0) is 6.54 Å². The number of carbonyl (C=O) groups excluding carboxylic acids is 1. The van der Waals surface area contributed by atoms with Gasteiger partial charge in [-0.3, -0.25) is 4.79 Å². The summed E-state index contributed by atoms with van der Waals surface area (Å²) in [7, 11) is 2.10. The lowest BCUT2D eigenvalue weighted by Gasteiger charge is -2.37. The lowest BCUT2D eigenvalue weighted by molar-refractivity contribution is 0.0550. The largest absolute Gasteiger partial charge is 0.467 e. The zero-order valence-electron chi connectivity index (χ0n) is 14.2. The van der Waals surface area contributed by atoms with Gasteiger partial charge in [0.2, 0.25) is 0 Å². The molecule has 2 heterocycles. The molecule has 0 radical (unpaired) electrons. The van der Waals surface area contributed by atoms with E-state index in [0.29, 0.717) is 17.7 Å². The van der Waals surface area contributed by atoms with E-state index in [1.807, 2.05) is 17.0 Å². The number of rotatable bonds is 4. The van der Waals surface area contributed by atoms with Crippen LogP contribution in [0.5, 0.6) is 0 Å². The molecule has 1 fully saturated rings. The van der Waals surface area contributed by atoms with Gasteiger partial charge in [-0.15, -0.1) is 0 Å². The predicted octanol–water partition coefficient (Wildman–Crippen LogP) is 3.46. The van der Waals surface area contributed by atoms with E-state index in [2.05, 4.69) is 11.9 Å². The number of piperidine rings is 1. The molecule has 0 bridgehead atoms. The number of aryl methyl sites for hydroxylation is 1. The second kappa shape index (κ2) is 7.18. The zero-order valence-corrected chi connectivity index (χ0v) is 14.2. The van der Waals surface area contributed by atoms with Crippen LogP contribution in [0.4, 0.5) is 4.39 Å². The van der Waals surface area contributed by atoms with Crippen LogP contribution in [0.15, 0.2) is 41.0 Å². The zero-order chi connectivity index (χ0) is 17.1. The van der Waals surface area contributed by atoms with Gasteiger partial charge in [0, 0.05) is 11.6 Å². The average molecular weight is 330 g/mol. The van der Waals surface area contributed by atoms with Crippen LogP contribution in [0.2, 0.25) is 0 Å². The van der Waals surface area contributed by atoms with Crippen molar-refractivity contribution in [1.29, 1.82) is 0 Å². The van der Waals surface area contributed by atoms with Crippen molar-refractivity contribution in [3.63, 3.8) is 0 Å². The van der Waals surface area contributed by atoms with Crippen LogP contribution in [0.25, 0.3) is 0 Å². The molecule has 1 aliphatic rings. The monoisotopic (exact) mass is 330 g/mol. The summed E-state index contributed by atoms with van der Waals surface area (Å²) in [5.74, 6) is 0.411. The van der Waals surface area contributed by atoms with Crippen molar-refractivity contribution in [3.8, 4) is 0 Å². The fourth-order valence-corrected chi connectivity index (χ4v) is 3.19. The lowest BCUT2D eigenvalue weighted by atomic mass is 10.0. The number of carbonyl (C=O) groups is 1. The summed E-state index contributed by atoms with van der Waals surface area (Å²) >= 11 is 0. The lowest BCUT2D eigenvalue weighted by Crippen LogP contribution is -2.46. The third kappa shape index (κ3) is 3.67. The van der Waals surface area contributed by atoms with Gasteiger partial charge < -0.3 is 14.2 Å². The number of nitrogens with zero attached hydrogens (tertiary/aromatic N) is 2. The molecule has 5 heteroatoms. The summed E-state index contributed by atoms with van der Waals surface area (Å²) in [6.07, 6.45) is 3.49. The Kier molecular flexibility index (Phi) is 5.00. The van der Waals surface area contributed by atoms with Crippen molar-refractivity contribution in [2.24, 2.45) is 0 Å². The van der Waals surface area contributed by atoms with Crippen LogP contribution in [0.1, 0.15) is 34.5 Å². The average Bonchev–Trinajstić information content (AvgIpc) is 3.09. The van der Waals surface area contributed by atoms with E-state index in [1.165, 1.54) is 6.07 Å². The van der Waals surface area contributed by atoms with Crippen molar-refractivity contribution in [2.45, 2.75) is 32.4 Å². The molecule has 3 rings (SSSR count). The Labute approximate surface area is 141 Å². The molecule has 128 valence electrons. The Bertz CT molecular complexity index is 691. The highest BCUT2D eigenvalue weighted by Gasteiger charge is 2.28. The smallest absolute Gasteiger partial charge is 0.254 e. The molecule has 0 N–H and O–H groups in total.